The highest BCUT2D eigenvalue weighted by atomic mass is 16.5. The summed E-state index contributed by atoms with van der Waals surface area (Å²) in [6.07, 6.45) is 6.61. The van der Waals surface area contributed by atoms with E-state index in [9.17, 15) is 9.59 Å². The fourth-order valence-corrected chi connectivity index (χ4v) is 4.64. The largest absolute Gasteiger partial charge is 0.484 e. The number of rotatable bonds is 6. The Morgan fingerprint density at radius 2 is 1.81 bits per heavy atom. The second-order valence-electron chi connectivity index (χ2n) is 8.52. The van der Waals surface area contributed by atoms with Crippen LogP contribution >= 0.6 is 0 Å². The third kappa shape index (κ3) is 4.34. The van der Waals surface area contributed by atoms with Crippen LogP contribution < -0.4 is 4.74 Å². The van der Waals surface area contributed by atoms with Gasteiger partial charge in [-0.05, 0) is 68.7 Å². The first-order valence-corrected chi connectivity index (χ1v) is 10.3. The van der Waals surface area contributed by atoms with E-state index < -0.39 is 0 Å². The molecule has 0 unspecified atom stereocenters. The number of ether oxygens (including phenoxy) is 1. The van der Waals surface area contributed by atoms with Crippen molar-refractivity contribution in [1.82, 2.24) is 9.80 Å². The molecule has 1 aromatic rings. The van der Waals surface area contributed by atoms with E-state index in [1.54, 1.807) is 31.2 Å². The van der Waals surface area contributed by atoms with Gasteiger partial charge in [0.15, 0.2) is 12.4 Å². The minimum atomic E-state index is 0.0316. The number of fused-ring (bicyclic) bond motifs is 4. The van der Waals surface area contributed by atoms with Crippen LogP contribution in [0.5, 0.6) is 5.75 Å². The van der Waals surface area contributed by atoms with Crippen molar-refractivity contribution in [2.24, 2.45) is 11.8 Å². The van der Waals surface area contributed by atoms with E-state index in [0.717, 1.165) is 25.6 Å². The van der Waals surface area contributed by atoms with Crippen molar-refractivity contribution < 1.29 is 14.3 Å². The van der Waals surface area contributed by atoms with Gasteiger partial charge < -0.3 is 9.64 Å². The molecule has 5 nitrogen and oxygen atoms in total. The summed E-state index contributed by atoms with van der Waals surface area (Å²) in [4.78, 5) is 28.8. The topological polar surface area (TPSA) is 49.9 Å². The third-order valence-corrected chi connectivity index (χ3v) is 6.52. The zero-order valence-corrected chi connectivity index (χ0v) is 16.2. The lowest BCUT2D eigenvalue weighted by atomic mass is 9.83. The van der Waals surface area contributed by atoms with Crippen molar-refractivity contribution >= 4 is 11.7 Å². The van der Waals surface area contributed by atoms with Crippen molar-refractivity contribution in [3.63, 3.8) is 0 Å². The van der Waals surface area contributed by atoms with Crippen LogP contribution in [-0.2, 0) is 4.79 Å². The number of benzene rings is 1. The van der Waals surface area contributed by atoms with Gasteiger partial charge >= 0.3 is 0 Å². The standard InChI is InChI=1S/C22H30N2O3/c1-16(25)19-6-9-21(10-7-19)27-15-22(26)24-13-18-5-8-20(14-24)23(12-18)11-17-3-2-4-17/h6-7,9-10,17-18,20H,2-5,8,11-15H2,1H3/t18-,20-/m1/s1. The predicted octanol–water partition coefficient (Wildman–Crippen LogP) is 2.99. The van der Waals surface area contributed by atoms with E-state index in [1.165, 1.54) is 38.6 Å². The summed E-state index contributed by atoms with van der Waals surface area (Å²) < 4.78 is 5.69. The molecule has 4 fully saturated rings. The van der Waals surface area contributed by atoms with Crippen LogP contribution in [0.3, 0.4) is 0 Å². The van der Waals surface area contributed by atoms with Crippen LogP contribution in [0, 0.1) is 11.8 Å². The first-order valence-electron chi connectivity index (χ1n) is 10.3. The molecule has 146 valence electrons. The molecule has 1 aromatic carbocycles. The molecule has 3 heterocycles. The molecule has 1 saturated carbocycles. The summed E-state index contributed by atoms with van der Waals surface area (Å²) in [5.41, 5.74) is 0.657. The van der Waals surface area contributed by atoms with Gasteiger partial charge in [0.25, 0.3) is 5.91 Å². The van der Waals surface area contributed by atoms with Crippen LogP contribution in [0.1, 0.15) is 49.4 Å². The molecule has 2 atom stereocenters. The van der Waals surface area contributed by atoms with Crippen LogP contribution in [0.2, 0.25) is 0 Å². The van der Waals surface area contributed by atoms with Crippen molar-refractivity contribution in [3.05, 3.63) is 29.8 Å². The Kier molecular flexibility index (Phi) is 5.48. The van der Waals surface area contributed by atoms with Gasteiger partial charge in [-0.1, -0.05) is 6.42 Å². The van der Waals surface area contributed by atoms with E-state index in [-0.39, 0.29) is 18.3 Å². The molecule has 4 aliphatic rings. The summed E-state index contributed by atoms with van der Waals surface area (Å²) in [5.74, 6) is 2.23. The zero-order valence-electron chi connectivity index (χ0n) is 16.2. The number of ketones is 1. The Hall–Kier alpha value is -1.88. The number of piperidine rings is 1. The number of carbonyl (C=O) groups is 2. The molecule has 1 amide bonds. The molecule has 3 saturated heterocycles. The van der Waals surface area contributed by atoms with E-state index >= 15 is 0 Å². The lowest BCUT2D eigenvalue weighted by Gasteiger charge is -2.40. The molecule has 2 bridgehead atoms. The van der Waals surface area contributed by atoms with Crippen molar-refractivity contribution in [1.29, 1.82) is 0 Å². The van der Waals surface area contributed by atoms with Gasteiger partial charge in [-0.2, -0.15) is 0 Å². The molecule has 5 heteroatoms. The maximum Gasteiger partial charge on any atom is 0.260 e. The molecule has 0 radical (unpaired) electrons. The molecular weight excluding hydrogens is 340 g/mol. The number of hydrogen-bond acceptors (Lipinski definition) is 4. The Bertz CT molecular complexity index is 683. The van der Waals surface area contributed by atoms with E-state index in [0.29, 0.717) is 23.3 Å². The highest BCUT2D eigenvalue weighted by Gasteiger charge is 2.37. The summed E-state index contributed by atoms with van der Waals surface area (Å²) in [6, 6.07) is 7.52. The van der Waals surface area contributed by atoms with Gasteiger partial charge in [-0.3, -0.25) is 14.5 Å². The average Bonchev–Trinajstić information content (AvgIpc) is 2.95. The SMILES string of the molecule is CC(=O)c1ccc(OCC(=O)N2C[C@@H]3CC[C@H](C2)N(CC2CCC2)C3)cc1. The third-order valence-electron chi connectivity index (χ3n) is 6.52. The molecule has 0 spiro atoms. The number of carbonyl (C=O) groups excluding carboxylic acids is 2. The van der Waals surface area contributed by atoms with Crippen LogP contribution in [0.4, 0.5) is 0 Å². The Labute approximate surface area is 161 Å². The van der Waals surface area contributed by atoms with Gasteiger partial charge in [0.2, 0.25) is 0 Å². The molecular formula is C22H30N2O3. The van der Waals surface area contributed by atoms with E-state index in [1.807, 2.05) is 4.90 Å². The van der Waals surface area contributed by atoms with Gasteiger partial charge in [0.1, 0.15) is 5.75 Å². The summed E-state index contributed by atoms with van der Waals surface area (Å²) in [6.45, 7) is 5.70. The van der Waals surface area contributed by atoms with Gasteiger partial charge in [-0.15, -0.1) is 0 Å². The predicted molar refractivity (Wildman–Crippen MR) is 104 cm³/mol. The van der Waals surface area contributed by atoms with Gasteiger partial charge in [0, 0.05) is 37.8 Å². The molecule has 0 aromatic heterocycles. The normalized spacial score (nSPS) is 25.7. The summed E-state index contributed by atoms with van der Waals surface area (Å²) in [7, 11) is 0. The van der Waals surface area contributed by atoms with E-state index in [2.05, 4.69) is 4.90 Å². The molecule has 1 aliphatic carbocycles. The molecule has 5 rings (SSSR count). The van der Waals surface area contributed by atoms with Crippen molar-refractivity contribution in [3.8, 4) is 5.75 Å². The maximum atomic E-state index is 12.7. The molecule has 0 N–H and O–H groups in total. The lowest BCUT2D eigenvalue weighted by Crippen LogP contribution is -2.47. The molecule has 3 aliphatic heterocycles. The monoisotopic (exact) mass is 370 g/mol. The second-order valence-corrected chi connectivity index (χ2v) is 8.52. The van der Waals surface area contributed by atoms with Crippen LogP contribution in [0.15, 0.2) is 24.3 Å². The quantitative estimate of drug-likeness (QED) is 0.723. The van der Waals surface area contributed by atoms with E-state index in [4.69, 9.17) is 4.74 Å². The first-order chi connectivity index (χ1) is 13.1. The minimum absolute atomic E-state index is 0.0316. The number of Topliss-reactive ketones (excluding diaryl/α,β-unsaturated/α-hetero) is 1. The van der Waals surface area contributed by atoms with Crippen LogP contribution in [-0.4, -0.2) is 60.3 Å². The zero-order chi connectivity index (χ0) is 18.8. The maximum absolute atomic E-state index is 12.7. The second kappa shape index (κ2) is 8.01. The Morgan fingerprint density at radius 1 is 1.04 bits per heavy atom. The number of amides is 1. The van der Waals surface area contributed by atoms with Crippen molar-refractivity contribution in [2.45, 2.75) is 45.1 Å². The molecule has 27 heavy (non-hydrogen) atoms. The smallest absolute Gasteiger partial charge is 0.260 e. The first kappa shape index (κ1) is 18.5. The fraction of sp³-hybridized carbons (Fsp3) is 0.636. The highest BCUT2D eigenvalue weighted by Crippen LogP contribution is 2.33. The Balaban J connectivity index is 1.31. The van der Waals surface area contributed by atoms with Crippen LogP contribution in [0.25, 0.3) is 0 Å². The highest BCUT2D eigenvalue weighted by molar-refractivity contribution is 5.94. The number of nitrogens with zero attached hydrogens (tertiary/aromatic N) is 2. The van der Waals surface area contributed by atoms with Gasteiger partial charge in [0.05, 0.1) is 0 Å². The Morgan fingerprint density at radius 3 is 2.48 bits per heavy atom. The van der Waals surface area contributed by atoms with Crippen molar-refractivity contribution in [2.75, 3.05) is 32.8 Å². The number of hydrogen-bond donors (Lipinski definition) is 0. The van der Waals surface area contributed by atoms with Gasteiger partial charge in [-0.25, -0.2) is 0 Å². The summed E-state index contributed by atoms with van der Waals surface area (Å²) >= 11 is 0. The average molecular weight is 370 g/mol. The fourth-order valence-electron chi connectivity index (χ4n) is 4.64. The lowest BCUT2D eigenvalue weighted by molar-refractivity contribution is -0.133. The summed E-state index contributed by atoms with van der Waals surface area (Å²) in [5, 5.41) is 0. The minimum Gasteiger partial charge on any atom is -0.484 e.